The lowest BCUT2D eigenvalue weighted by atomic mass is 9.81. The van der Waals surface area contributed by atoms with Gasteiger partial charge in [-0.05, 0) is 39.0 Å². The quantitative estimate of drug-likeness (QED) is 0.238. The first kappa shape index (κ1) is 28.9. The van der Waals surface area contributed by atoms with Crippen LogP contribution in [0.2, 0.25) is 0 Å². The lowest BCUT2D eigenvalue weighted by Crippen LogP contribution is -2.42. The van der Waals surface area contributed by atoms with Gasteiger partial charge in [0.1, 0.15) is 5.60 Å². The molecule has 0 aromatic carbocycles. The Balaban J connectivity index is 1.83. The molecule has 1 heterocycles. The topological polar surface area (TPSA) is 160 Å². The third-order valence-corrected chi connectivity index (χ3v) is 6.95. The number of hydrogen-bond acceptors (Lipinski definition) is 10. The van der Waals surface area contributed by atoms with Crippen LogP contribution in [0.4, 0.5) is 8.78 Å². The number of hydrogen-bond donors (Lipinski definition) is 1. The number of halogens is 2. The number of esters is 4. The van der Waals surface area contributed by atoms with Gasteiger partial charge in [0.15, 0.2) is 6.10 Å². The zero-order chi connectivity index (χ0) is 26.4. The molecule has 1 saturated carbocycles. The van der Waals surface area contributed by atoms with E-state index in [2.05, 4.69) is 4.74 Å². The van der Waals surface area contributed by atoms with Crippen LogP contribution in [0.1, 0.15) is 78.1 Å². The van der Waals surface area contributed by atoms with Crippen molar-refractivity contribution in [2.24, 2.45) is 0 Å². The van der Waals surface area contributed by atoms with Crippen molar-refractivity contribution >= 4 is 34.0 Å². The zero-order valence-electron chi connectivity index (χ0n) is 19.5. The van der Waals surface area contributed by atoms with Gasteiger partial charge in [-0.15, -0.1) is 0 Å². The molecule has 11 nitrogen and oxygen atoms in total. The smallest absolute Gasteiger partial charge is 0.405 e. The molecule has 0 bridgehead atoms. The van der Waals surface area contributed by atoms with Crippen LogP contribution in [-0.2, 0) is 48.2 Å². The second-order valence-corrected chi connectivity index (χ2v) is 10.2. The van der Waals surface area contributed by atoms with E-state index >= 15 is 0 Å². The average Bonchev–Trinajstić information content (AvgIpc) is 3.12. The number of rotatable bonds is 11. The zero-order valence-corrected chi connectivity index (χ0v) is 20.3. The summed E-state index contributed by atoms with van der Waals surface area (Å²) in [6, 6.07) is 0. The summed E-state index contributed by atoms with van der Waals surface area (Å²) in [4.78, 5) is 48.3. The van der Waals surface area contributed by atoms with E-state index in [1.165, 1.54) is 0 Å². The maximum Gasteiger partial charge on any atom is 0.405 e. The number of alkyl halides is 2. The van der Waals surface area contributed by atoms with E-state index in [1.807, 2.05) is 6.92 Å². The van der Waals surface area contributed by atoms with Gasteiger partial charge >= 0.3 is 39.2 Å². The fourth-order valence-corrected chi connectivity index (χ4v) is 4.55. The second-order valence-electron chi connectivity index (χ2n) is 8.72. The minimum Gasteiger partial charge on any atom is -0.456 e. The summed E-state index contributed by atoms with van der Waals surface area (Å²) < 4.78 is 76.6. The highest BCUT2D eigenvalue weighted by Crippen LogP contribution is 2.36. The largest absolute Gasteiger partial charge is 0.456 e. The van der Waals surface area contributed by atoms with Gasteiger partial charge < -0.3 is 18.9 Å². The summed E-state index contributed by atoms with van der Waals surface area (Å²) in [5.41, 5.74) is -0.602. The molecule has 35 heavy (non-hydrogen) atoms. The van der Waals surface area contributed by atoms with Crippen LogP contribution in [0.3, 0.4) is 0 Å². The van der Waals surface area contributed by atoms with E-state index in [9.17, 15) is 36.4 Å². The Labute approximate surface area is 201 Å². The van der Waals surface area contributed by atoms with Crippen molar-refractivity contribution < 1.29 is 59.9 Å². The molecule has 200 valence electrons. The summed E-state index contributed by atoms with van der Waals surface area (Å²) in [5, 5.41) is -4.74. The molecule has 0 aromatic heterocycles. The molecule has 3 unspecified atom stereocenters. The predicted molar refractivity (Wildman–Crippen MR) is 112 cm³/mol. The summed E-state index contributed by atoms with van der Waals surface area (Å²) in [7, 11) is -5.82. The molecule has 1 aliphatic carbocycles. The molecule has 1 N–H and O–H groups in total. The van der Waals surface area contributed by atoms with Crippen LogP contribution in [0.25, 0.3) is 0 Å². The molecule has 1 aliphatic heterocycles. The van der Waals surface area contributed by atoms with Crippen molar-refractivity contribution in [1.29, 1.82) is 0 Å². The Hall–Kier alpha value is -2.35. The molecule has 2 fully saturated rings. The molecule has 0 spiro atoms. The van der Waals surface area contributed by atoms with Crippen molar-refractivity contribution in [1.82, 2.24) is 0 Å². The number of ether oxygens (including phenoxy) is 4. The molecular weight excluding hydrogens is 498 g/mol. The fraction of sp³-hybridized carbons (Fsp3) is 0.810. The third-order valence-electron chi connectivity index (χ3n) is 5.93. The summed E-state index contributed by atoms with van der Waals surface area (Å²) in [5.74, 6) is -4.11. The van der Waals surface area contributed by atoms with Crippen LogP contribution < -0.4 is 0 Å². The van der Waals surface area contributed by atoms with E-state index in [4.69, 9.17) is 18.8 Å². The van der Waals surface area contributed by atoms with Gasteiger partial charge in [0.05, 0.1) is 12.8 Å². The molecule has 14 heteroatoms. The van der Waals surface area contributed by atoms with Crippen molar-refractivity contribution in [3.63, 3.8) is 0 Å². The maximum atomic E-state index is 13.4. The lowest BCUT2D eigenvalue weighted by Gasteiger charge is -2.37. The Kier molecular flexibility index (Phi) is 9.56. The molecule has 3 atom stereocenters. The highest BCUT2D eigenvalue weighted by Gasteiger charge is 2.52. The van der Waals surface area contributed by atoms with Crippen LogP contribution in [0, 0.1) is 0 Å². The lowest BCUT2D eigenvalue weighted by molar-refractivity contribution is -0.178. The predicted octanol–water partition coefficient (Wildman–Crippen LogP) is 2.45. The monoisotopic (exact) mass is 528 g/mol. The van der Waals surface area contributed by atoms with Crippen molar-refractivity contribution in [2.45, 2.75) is 107 Å². The van der Waals surface area contributed by atoms with Gasteiger partial charge in [-0.3, -0.25) is 14.1 Å². The summed E-state index contributed by atoms with van der Waals surface area (Å²) >= 11 is 0. The Bertz CT molecular complexity index is 907. The number of carbonyl (C=O) groups excluding carboxylic acids is 4. The SMILES string of the molecule is CCCC1(OC(=O)C2CC(OC(=O)CCC(=O)OC(C)C(F)(F)S(=O)(=O)O)C(=O)O2)CCCCC1. The molecule has 2 rings (SSSR count). The van der Waals surface area contributed by atoms with Gasteiger partial charge in [-0.1, -0.05) is 19.8 Å². The second kappa shape index (κ2) is 11.6. The molecular formula is C21H30F2O11S. The normalized spacial score (nSPS) is 23.2. The van der Waals surface area contributed by atoms with Crippen LogP contribution in [0.15, 0.2) is 0 Å². The van der Waals surface area contributed by atoms with Crippen molar-refractivity contribution in [3.8, 4) is 0 Å². The maximum absolute atomic E-state index is 13.4. The Morgan fingerprint density at radius 3 is 2.34 bits per heavy atom. The van der Waals surface area contributed by atoms with E-state index in [0.717, 1.165) is 38.5 Å². The van der Waals surface area contributed by atoms with Crippen LogP contribution in [0.5, 0.6) is 0 Å². The number of cyclic esters (lactones) is 1. The van der Waals surface area contributed by atoms with E-state index < -0.39 is 76.0 Å². The number of carbonyl (C=O) groups is 4. The first-order valence-electron chi connectivity index (χ1n) is 11.4. The van der Waals surface area contributed by atoms with Gasteiger partial charge in [0.2, 0.25) is 12.2 Å². The van der Waals surface area contributed by atoms with E-state index in [1.54, 1.807) is 0 Å². The molecule has 0 amide bonds. The Morgan fingerprint density at radius 1 is 1.17 bits per heavy atom. The molecule has 0 radical (unpaired) electrons. The van der Waals surface area contributed by atoms with Gasteiger partial charge in [-0.25, -0.2) is 9.59 Å². The highest BCUT2D eigenvalue weighted by atomic mass is 32.2. The first-order chi connectivity index (χ1) is 16.2. The van der Waals surface area contributed by atoms with E-state index in [0.29, 0.717) is 13.3 Å². The van der Waals surface area contributed by atoms with Crippen molar-refractivity contribution in [3.05, 3.63) is 0 Å². The molecule has 2 aliphatic rings. The van der Waals surface area contributed by atoms with Crippen LogP contribution >= 0.6 is 0 Å². The Morgan fingerprint density at radius 2 is 1.77 bits per heavy atom. The summed E-state index contributed by atoms with van der Waals surface area (Å²) in [6.07, 6.45) is -1.06. The highest BCUT2D eigenvalue weighted by molar-refractivity contribution is 7.86. The molecule has 0 aromatic rings. The third kappa shape index (κ3) is 7.56. The van der Waals surface area contributed by atoms with Gasteiger partial charge in [0.25, 0.3) is 0 Å². The van der Waals surface area contributed by atoms with E-state index in [-0.39, 0.29) is 6.42 Å². The van der Waals surface area contributed by atoms with Crippen LogP contribution in [-0.4, -0.2) is 66.0 Å². The average molecular weight is 529 g/mol. The first-order valence-corrected chi connectivity index (χ1v) is 12.8. The molecule has 1 saturated heterocycles. The standard InChI is InChI=1S/C21H30F2O11S/c1-3-9-20(10-5-4-6-11-20)34-19(27)15-12-14(18(26)33-15)32-17(25)8-7-16(24)31-13(2)21(22,23)35(28,29)30/h13-15H,3-12H2,1-2H3,(H,28,29,30). The minimum absolute atomic E-state index is 0.270. The van der Waals surface area contributed by atoms with Crippen molar-refractivity contribution in [2.75, 3.05) is 0 Å². The van der Waals surface area contributed by atoms with Gasteiger partial charge in [0, 0.05) is 6.42 Å². The summed E-state index contributed by atoms with van der Waals surface area (Å²) in [6.45, 7) is 2.53. The fourth-order valence-electron chi connectivity index (χ4n) is 4.09. The van der Waals surface area contributed by atoms with Gasteiger partial charge in [-0.2, -0.15) is 17.2 Å². The minimum atomic E-state index is -5.82.